The van der Waals surface area contributed by atoms with Gasteiger partial charge in [-0.25, -0.2) is 0 Å². The third-order valence-corrected chi connectivity index (χ3v) is 4.20. The Kier molecular flexibility index (Phi) is 5.13. The van der Waals surface area contributed by atoms with Crippen LogP contribution in [0.5, 0.6) is 5.75 Å². The SMILES string of the molecule is CCCOc1cccc(-c2noc(C3CCN(C(=O)CC)C3)n2)c1. The summed E-state index contributed by atoms with van der Waals surface area (Å²) in [6.07, 6.45) is 2.37. The van der Waals surface area contributed by atoms with Crippen LogP contribution in [0.25, 0.3) is 11.4 Å². The molecule has 0 spiro atoms. The lowest BCUT2D eigenvalue weighted by Gasteiger charge is -2.13. The molecule has 0 aliphatic carbocycles. The van der Waals surface area contributed by atoms with Crippen LogP contribution < -0.4 is 4.74 Å². The highest BCUT2D eigenvalue weighted by Gasteiger charge is 2.30. The molecule has 3 rings (SSSR count). The highest BCUT2D eigenvalue weighted by Crippen LogP contribution is 2.29. The second-order valence-electron chi connectivity index (χ2n) is 6.01. The predicted molar refractivity (Wildman–Crippen MR) is 89.7 cm³/mol. The van der Waals surface area contributed by atoms with Gasteiger partial charge < -0.3 is 14.2 Å². The summed E-state index contributed by atoms with van der Waals surface area (Å²) in [6.45, 7) is 6.06. The summed E-state index contributed by atoms with van der Waals surface area (Å²) in [5.74, 6) is 2.28. The summed E-state index contributed by atoms with van der Waals surface area (Å²) in [7, 11) is 0. The Labute approximate surface area is 141 Å². The fourth-order valence-corrected chi connectivity index (χ4v) is 2.88. The van der Waals surface area contributed by atoms with Crippen molar-refractivity contribution in [2.24, 2.45) is 0 Å². The topological polar surface area (TPSA) is 68.5 Å². The Morgan fingerprint density at radius 3 is 3.08 bits per heavy atom. The van der Waals surface area contributed by atoms with Crippen LogP contribution in [0.3, 0.4) is 0 Å². The molecular weight excluding hydrogens is 306 g/mol. The smallest absolute Gasteiger partial charge is 0.231 e. The average Bonchev–Trinajstić information content (AvgIpc) is 3.28. The van der Waals surface area contributed by atoms with Crippen molar-refractivity contribution in [2.75, 3.05) is 19.7 Å². The lowest BCUT2D eigenvalue weighted by molar-refractivity contribution is -0.129. The molecule has 1 aromatic carbocycles. The number of carbonyl (C=O) groups is 1. The predicted octanol–water partition coefficient (Wildman–Crippen LogP) is 3.25. The molecule has 0 radical (unpaired) electrons. The molecule has 1 saturated heterocycles. The van der Waals surface area contributed by atoms with Crippen LogP contribution in [0.15, 0.2) is 28.8 Å². The van der Waals surface area contributed by atoms with E-state index in [1.807, 2.05) is 36.1 Å². The van der Waals surface area contributed by atoms with Crippen LogP contribution >= 0.6 is 0 Å². The molecule has 1 fully saturated rings. The van der Waals surface area contributed by atoms with Gasteiger partial charge in [0.2, 0.25) is 17.6 Å². The lowest BCUT2D eigenvalue weighted by atomic mass is 10.1. The molecule has 128 valence electrons. The van der Waals surface area contributed by atoms with Crippen molar-refractivity contribution in [3.63, 3.8) is 0 Å². The van der Waals surface area contributed by atoms with E-state index in [1.54, 1.807) is 0 Å². The summed E-state index contributed by atoms with van der Waals surface area (Å²) in [4.78, 5) is 18.2. The van der Waals surface area contributed by atoms with Crippen LogP contribution in [0.4, 0.5) is 0 Å². The first-order valence-corrected chi connectivity index (χ1v) is 8.55. The van der Waals surface area contributed by atoms with Gasteiger partial charge in [0, 0.05) is 25.1 Å². The maximum atomic E-state index is 11.8. The number of nitrogens with zero attached hydrogens (tertiary/aromatic N) is 3. The van der Waals surface area contributed by atoms with Gasteiger partial charge in [-0.15, -0.1) is 0 Å². The van der Waals surface area contributed by atoms with Crippen molar-refractivity contribution in [2.45, 2.75) is 39.0 Å². The number of ether oxygens (including phenoxy) is 1. The zero-order chi connectivity index (χ0) is 16.9. The fraction of sp³-hybridized carbons (Fsp3) is 0.500. The number of hydrogen-bond acceptors (Lipinski definition) is 5. The number of hydrogen-bond donors (Lipinski definition) is 0. The van der Waals surface area contributed by atoms with E-state index in [0.717, 1.165) is 30.7 Å². The molecular formula is C18H23N3O3. The third kappa shape index (κ3) is 3.58. The van der Waals surface area contributed by atoms with Gasteiger partial charge in [0.05, 0.1) is 12.5 Å². The van der Waals surface area contributed by atoms with Crippen molar-refractivity contribution >= 4 is 5.91 Å². The van der Waals surface area contributed by atoms with Gasteiger partial charge in [0.15, 0.2) is 0 Å². The summed E-state index contributed by atoms with van der Waals surface area (Å²) in [6, 6.07) is 7.71. The summed E-state index contributed by atoms with van der Waals surface area (Å²) in [5, 5.41) is 4.10. The minimum atomic E-state index is 0.126. The molecule has 6 heteroatoms. The number of likely N-dealkylation sites (tertiary alicyclic amines) is 1. The minimum absolute atomic E-state index is 0.126. The summed E-state index contributed by atoms with van der Waals surface area (Å²) >= 11 is 0. The number of carbonyl (C=O) groups excluding carboxylic acids is 1. The molecule has 2 aromatic rings. The third-order valence-electron chi connectivity index (χ3n) is 4.20. The molecule has 0 N–H and O–H groups in total. The molecule has 1 atom stereocenters. The van der Waals surface area contributed by atoms with E-state index in [9.17, 15) is 4.79 Å². The largest absolute Gasteiger partial charge is 0.494 e. The number of benzene rings is 1. The molecule has 24 heavy (non-hydrogen) atoms. The molecule has 1 unspecified atom stereocenters. The van der Waals surface area contributed by atoms with Gasteiger partial charge in [-0.1, -0.05) is 31.1 Å². The van der Waals surface area contributed by atoms with E-state index < -0.39 is 0 Å². The van der Waals surface area contributed by atoms with Crippen LogP contribution in [0, 0.1) is 0 Å². The molecule has 2 heterocycles. The van der Waals surface area contributed by atoms with E-state index in [1.165, 1.54) is 0 Å². The van der Waals surface area contributed by atoms with Gasteiger partial charge in [-0.2, -0.15) is 4.98 Å². The van der Waals surface area contributed by atoms with Crippen molar-refractivity contribution in [1.82, 2.24) is 15.0 Å². The Hall–Kier alpha value is -2.37. The maximum absolute atomic E-state index is 11.8. The Morgan fingerprint density at radius 1 is 1.42 bits per heavy atom. The van der Waals surface area contributed by atoms with Crippen molar-refractivity contribution in [3.8, 4) is 17.1 Å². The van der Waals surface area contributed by atoms with Crippen LogP contribution in [-0.2, 0) is 4.79 Å². The highest BCUT2D eigenvalue weighted by atomic mass is 16.5. The Bertz CT molecular complexity index is 698. The zero-order valence-electron chi connectivity index (χ0n) is 14.2. The summed E-state index contributed by atoms with van der Waals surface area (Å²) in [5.41, 5.74) is 0.873. The average molecular weight is 329 g/mol. The quantitative estimate of drug-likeness (QED) is 0.814. The fourth-order valence-electron chi connectivity index (χ4n) is 2.88. The van der Waals surface area contributed by atoms with Crippen molar-refractivity contribution < 1.29 is 14.1 Å². The maximum Gasteiger partial charge on any atom is 0.231 e. The first kappa shape index (κ1) is 16.5. The standard InChI is InChI=1S/C18H23N3O3/c1-3-10-23-15-7-5-6-13(11-15)17-19-18(24-20-17)14-8-9-21(12-14)16(22)4-2/h5-7,11,14H,3-4,8-10,12H2,1-2H3. The first-order chi connectivity index (χ1) is 11.7. The first-order valence-electron chi connectivity index (χ1n) is 8.55. The van der Waals surface area contributed by atoms with Gasteiger partial charge in [-0.3, -0.25) is 4.79 Å². The van der Waals surface area contributed by atoms with Gasteiger partial charge in [-0.05, 0) is 25.0 Å². The van der Waals surface area contributed by atoms with Gasteiger partial charge in [0.25, 0.3) is 0 Å². The normalized spacial score (nSPS) is 17.2. The molecule has 1 amide bonds. The van der Waals surface area contributed by atoms with Crippen LogP contribution in [-0.4, -0.2) is 40.6 Å². The van der Waals surface area contributed by atoms with Crippen molar-refractivity contribution in [1.29, 1.82) is 0 Å². The number of rotatable bonds is 6. The summed E-state index contributed by atoms with van der Waals surface area (Å²) < 4.78 is 11.1. The Morgan fingerprint density at radius 2 is 2.29 bits per heavy atom. The second-order valence-corrected chi connectivity index (χ2v) is 6.01. The van der Waals surface area contributed by atoms with E-state index >= 15 is 0 Å². The van der Waals surface area contributed by atoms with E-state index in [0.29, 0.717) is 31.3 Å². The molecule has 1 aliphatic heterocycles. The lowest BCUT2D eigenvalue weighted by Crippen LogP contribution is -2.27. The molecule has 1 aromatic heterocycles. The molecule has 0 bridgehead atoms. The van der Waals surface area contributed by atoms with Gasteiger partial charge in [0.1, 0.15) is 5.75 Å². The van der Waals surface area contributed by atoms with E-state index in [2.05, 4.69) is 17.1 Å². The highest BCUT2D eigenvalue weighted by molar-refractivity contribution is 5.76. The second kappa shape index (κ2) is 7.47. The monoisotopic (exact) mass is 329 g/mol. The molecule has 0 saturated carbocycles. The number of aromatic nitrogens is 2. The van der Waals surface area contributed by atoms with E-state index in [-0.39, 0.29) is 11.8 Å². The van der Waals surface area contributed by atoms with Gasteiger partial charge >= 0.3 is 0 Å². The van der Waals surface area contributed by atoms with Crippen molar-refractivity contribution in [3.05, 3.63) is 30.2 Å². The number of amides is 1. The van der Waals surface area contributed by atoms with Crippen LogP contribution in [0.2, 0.25) is 0 Å². The Balaban J connectivity index is 1.71. The van der Waals surface area contributed by atoms with E-state index in [4.69, 9.17) is 9.26 Å². The minimum Gasteiger partial charge on any atom is -0.494 e. The molecule has 6 nitrogen and oxygen atoms in total. The molecule has 1 aliphatic rings. The van der Waals surface area contributed by atoms with Crippen LogP contribution in [0.1, 0.15) is 44.9 Å². The zero-order valence-corrected chi connectivity index (χ0v) is 14.2.